The van der Waals surface area contributed by atoms with Crippen molar-refractivity contribution < 1.29 is 25.8 Å². The van der Waals surface area contributed by atoms with Crippen molar-refractivity contribution in [3.8, 4) is 0 Å². The first-order valence-corrected chi connectivity index (χ1v) is 17.4. The molecule has 0 radical (unpaired) electrons. The first-order chi connectivity index (χ1) is 17.1. The van der Waals surface area contributed by atoms with Gasteiger partial charge in [-0.1, -0.05) is 83.4 Å². The van der Waals surface area contributed by atoms with Gasteiger partial charge in [-0.15, -0.1) is 80.7 Å². The van der Waals surface area contributed by atoms with Gasteiger partial charge in [0.05, 0.1) is 0 Å². The molecule has 200 valence electrons. The third-order valence-corrected chi connectivity index (χ3v) is 12.9. The molecule has 0 nitrogen and oxygen atoms in total. The average Bonchev–Trinajstić information content (AvgIpc) is 3.42. The van der Waals surface area contributed by atoms with Crippen LogP contribution >= 0.6 is 15.8 Å². The first-order valence-electron chi connectivity index (χ1n) is 13.9. The van der Waals surface area contributed by atoms with E-state index in [4.69, 9.17) is 0 Å². The minimum Gasteiger partial charge on any atom is -0.161 e. The Balaban J connectivity index is 0.000000253. The van der Waals surface area contributed by atoms with Crippen LogP contribution in [0.15, 0.2) is 72.8 Å². The molecule has 0 heterocycles. The Hall–Kier alpha value is -0.610. The minimum absolute atomic E-state index is 0. The van der Waals surface area contributed by atoms with Crippen molar-refractivity contribution in [2.24, 2.45) is 23.7 Å². The van der Waals surface area contributed by atoms with E-state index in [0.29, 0.717) is 0 Å². The summed E-state index contributed by atoms with van der Waals surface area (Å²) in [6.45, 7) is 18.8. The van der Waals surface area contributed by atoms with Crippen molar-refractivity contribution in [1.82, 2.24) is 0 Å². The van der Waals surface area contributed by atoms with E-state index in [0.717, 1.165) is 23.7 Å². The Morgan fingerprint density at radius 1 is 0.514 bits per heavy atom. The molecular formula is C34H48HfP2-2. The predicted octanol–water partition coefficient (Wildman–Crippen LogP) is 9.95. The van der Waals surface area contributed by atoms with E-state index < -0.39 is 0 Å². The second kappa shape index (κ2) is 15.8. The number of fused-ring (bicyclic) bond motifs is 2. The zero-order valence-electron chi connectivity index (χ0n) is 24.5. The van der Waals surface area contributed by atoms with E-state index in [-0.39, 0.29) is 41.7 Å². The molecule has 0 saturated heterocycles. The SMILES string of the molecule is CC(C)CP(CC(C)C)c1cc2ccccc2[cH-]1.CC(C)CP(CC(C)C)c1cc2ccccc2[cH-]1.[Hf]. The van der Waals surface area contributed by atoms with E-state index in [2.05, 4.69) is 128 Å². The Morgan fingerprint density at radius 2 is 0.811 bits per heavy atom. The maximum absolute atomic E-state index is 2.42. The first kappa shape index (κ1) is 32.6. The van der Waals surface area contributed by atoms with Gasteiger partial charge in [0.2, 0.25) is 0 Å². The molecule has 0 aliphatic carbocycles. The maximum atomic E-state index is 2.42. The number of rotatable bonds is 10. The fourth-order valence-electron chi connectivity index (χ4n) is 4.97. The van der Waals surface area contributed by atoms with Crippen molar-refractivity contribution in [2.45, 2.75) is 55.4 Å². The van der Waals surface area contributed by atoms with E-state index in [1.807, 2.05) is 0 Å². The molecule has 0 N–H and O–H groups in total. The molecule has 4 rings (SSSR count). The van der Waals surface area contributed by atoms with Gasteiger partial charge in [0, 0.05) is 25.8 Å². The van der Waals surface area contributed by atoms with Crippen LogP contribution in [0.25, 0.3) is 21.5 Å². The molecule has 3 heteroatoms. The normalized spacial score (nSPS) is 11.8. The fourth-order valence-corrected chi connectivity index (χ4v) is 10.9. The Morgan fingerprint density at radius 3 is 1.08 bits per heavy atom. The average molecular weight is 697 g/mol. The maximum Gasteiger partial charge on any atom is 0 e. The van der Waals surface area contributed by atoms with E-state index in [9.17, 15) is 0 Å². The van der Waals surface area contributed by atoms with Crippen molar-refractivity contribution >= 4 is 48.0 Å². The van der Waals surface area contributed by atoms with Gasteiger partial charge >= 0.3 is 0 Å². The summed E-state index contributed by atoms with van der Waals surface area (Å²) >= 11 is 0. The Labute approximate surface area is 249 Å². The number of hydrogen-bond acceptors (Lipinski definition) is 0. The van der Waals surface area contributed by atoms with E-state index >= 15 is 0 Å². The van der Waals surface area contributed by atoms with Crippen LogP contribution in [-0.2, 0) is 25.8 Å². The molecule has 0 atom stereocenters. The monoisotopic (exact) mass is 698 g/mol. The molecule has 0 amide bonds. The molecule has 0 saturated carbocycles. The summed E-state index contributed by atoms with van der Waals surface area (Å²) in [5.74, 6) is 3.20. The second-order valence-electron chi connectivity index (χ2n) is 12.1. The number of benzene rings is 2. The molecule has 0 bridgehead atoms. The quantitative estimate of drug-likeness (QED) is 0.0880. The molecular weight excluding hydrogens is 649 g/mol. The van der Waals surface area contributed by atoms with Gasteiger partial charge in [0.15, 0.2) is 0 Å². The summed E-state index contributed by atoms with van der Waals surface area (Å²) in [7, 11) is 0.0370. The topological polar surface area (TPSA) is 0 Å². The zero-order valence-corrected chi connectivity index (χ0v) is 29.8. The minimum atomic E-state index is 0. The van der Waals surface area contributed by atoms with Gasteiger partial charge in [-0.05, 0) is 48.3 Å². The van der Waals surface area contributed by atoms with Gasteiger partial charge in [0.25, 0.3) is 0 Å². The van der Waals surface area contributed by atoms with Gasteiger partial charge in [-0.25, -0.2) is 0 Å². The predicted molar refractivity (Wildman–Crippen MR) is 171 cm³/mol. The van der Waals surface area contributed by atoms with Crippen LogP contribution in [0.1, 0.15) is 55.4 Å². The summed E-state index contributed by atoms with van der Waals surface area (Å²) in [5, 5.41) is 8.85. The van der Waals surface area contributed by atoms with Gasteiger partial charge in [-0.2, -0.15) is 12.1 Å². The molecule has 0 unspecified atom stereocenters. The molecule has 4 aromatic carbocycles. The van der Waals surface area contributed by atoms with Crippen molar-refractivity contribution in [3.63, 3.8) is 0 Å². The third kappa shape index (κ3) is 10.5. The Bertz CT molecular complexity index is 1000. The van der Waals surface area contributed by atoms with Crippen LogP contribution in [0.4, 0.5) is 0 Å². The van der Waals surface area contributed by atoms with Gasteiger partial charge in [-0.3, -0.25) is 0 Å². The smallest absolute Gasteiger partial charge is 0 e. The van der Waals surface area contributed by atoms with E-state index in [1.54, 1.807) is 10.6 Å². The summed E-state index contributed by atoms with van der Waals surface area (Å²) < 4.78 is 0. The summed E-state index contributed by atoms with van der Waals surface area (Å²) in [6, 6.07) is 27.2. The van der Waals surface area contributed by atoms with Crippen LogP contribution in [0.2, 0.25) is 0 Å². The molecule has 0 aromatic heterocycles. The molecule has 37 heavy (non-hydrogen) atoms. The molecule has 0 spiro atoms. The van der Waals surface area contributed by atoms with Crippen LogP contribution in [-0.4, -0.2) is 24.6 Å². The van der Waals surface area contributed by atoms with Gasteiger partial charge < -0.3 is 0 Å². The van der Waals surface area contributed by atoms with Gasteiger partial charge in [0.1, 0.15) is 0 Å². The Kier molecular flexibility index (Phi) is 14.0. The van der Waals surface area contributed by atoms with Crippen LogP contribution in [0, 0.1) is 23.7 Å². The summed E-state index contributed by atoms with van der Waals surface area (Å²) in [4.78, 5) is 0. The fraction of sp³-hybridized carbons (Fsp3) is 0.471. The third-order valence-electron chi connectivity index (χ3n) is 6.28. The summed E-state index contributed by atoms with van der Waals surface area (Å²) in [6.07, 6.45) is 5.46. The standard InChI is InChI=1S/2C17H24P.Hf/c2*1-13(2)11-18(12-14(3)4)17-9-15-7-5-6-8-16(15)10-17;/h2*5-10,13-14H,11-12H2,1-4H3;/q2*-1;. The van der Waals surface area contributed by atoms with Crippen LogP contribution in [0.3, 0.4) is 0 Å². The van der Waals surface area contributed by atoms with Crippen molar-refractivity contribution in [2.75, 3.05) is 24.6 Å². The van der Waals surface area contributed by atoms with Crippen LogP contribution in [0.5, 0.6) is 0 Å². The van der Waals surface area contributed by atoms with Crippen molar-refractivity contribution in [1.29, 1.82) is 0 Å². The molecule has 0 aliphatic rings. The van der Waals surface area contributed by atoms with Crippen LogP contribution < -0.4 is 10.6 Å². The molecule has 0 fully saturated rings. The molecule has 4 aromatic rings. The summed E-state index contributed by atoms with van der Waals surface area (Å²) in [5.41, 5.74) is 0. The second-order valence-corrected chi connectivity index (χ2v) is 16.7. The number of hydrogen-bond donors (Lipinski definition) is 0. The van der Waals surface area contributed by atoms with E-state index in [1.165, 1.54) is 46.2 Å². The largest absolute Gasteiger partial charge is 0.161 e. The molecule has 0 aliphatic heterocycles. The van der Waals surface area contributed by atoms with Crippen molar-refractivity contribution in [3.05, 3.63) is 72.8 Å². The zero-order chi connectivity index (χ0) is 26.2.